The summed E-state index contributed by atoms with van der Waals surface area (Å²) >= 11 is 1.69. The molecule has 2 aromatic carbocycles. The van der Waals surface area contributed by atoms with Crippen LogP contribution in [0.15, 0.2) is 79.0 Å². The average Bonchev–Trinajstić information content (AvgIpc) is 3.49. The number of rotatable bonds is 7. The first-order chi connectivity index (χ1) is 15.3. The molecule has 31 heavy (non-hydrogen) atoms. The van der Waals surface area contributed by atoms with Gasteiger partial charge < -0.3 is 19.1 Å². The fourth-order valence-corrected chi connectivity index (χ4v) is 4.65. The molecular weight excluding hydrogens is 410 g/mol. The number of hydrogen-bond acceptors (Lipinski definition) is 7. The predicted octanol–water partition coefficient (Wildman–Crippen LogP) is 5.22. The summed E-state index contributed by atoms with van der Waals surface area (Å²) in [6.07, 6.45) is 3.30. The molecule has 5 rings (SSSR count). The SMILES string of the molecule is COc1ccc(-c2cc3ncnc(N(CC4=COCO4)Cc4ccccc4)c3s2)cc1. The predicted molar refractivity (Wildman–Crippen MR) is 122 cm³/mol. The highest BCUT2D eigenvalue weighted by atomic mass is 32.1. The summed E-state index contributed by atoms with van der Waals surface area (Å²) in [5, 5.41) is 0. The Kier molecular flexibility index (Phi) is 5.41. The van der Waals surface area contributed by atoms with Crippen molar-refractivity contribution in [2.45, 2.75) is 6.54 Å². The molecule has 3 heterocycles. The third-order valence-corrected chi connectivity index (χ3v) is 6.23. The Balaban J connectivity index is 1.53. The highest BCUT2D eigenvalue weighted by Gasteiger charge is 2.20. The molecule has 0 saturated carbocycles. The first-order valence-electron chi connectivity index (χ1n) is 9.91. The monoisotopic (exact) mass is 431 g/mol. The van der Waals surface area contributed by atoms with Crippen LogP contribution < -0.4 is 9.64 Å². The number of anilines is 1. The van der Waals surface area contributed by atoms with Crippen LogP contribution in [0.25, 0.3) is 20.7 Å². The number of methoxy groups -OCH3 is 1. The lowest BCUT2D eigenvalue weighted by atomic mass is 10.2. The Morgan fingerprint density at radius 1 is 1.03 bits per heavy atom. The summed E-state index contributed by atoms with van der Waals surface area (Å²) in [6, 6.07) is 20.5. The molecule has 6 nitrogen and oxygen atoms in total. The van der Waals surface area contributed by atoms with Crippen LogP contribution in [0.3, 0.4) is 0 Å². The van der Waals surface area contributed by atoms with Crippen LogP contribution in [0.4, 0.5) is 5.82 Å². The van der Waals surface area contributed by atoms with Crippen LogP contribution in [-0.2, 0) is 16.0 Å². The van der Waals surface area contributed by atoms with Crippen molar-refractivity contribution in [2.24, 2.45) is 0 Å². The van der Waals surface area contributed by atoms with Gasteiger partial charge in [0.2, 0.25) is 6.79 Å². The van der Waals surface area contributed by atoms with Gasteiger partial charge in [0.1, 0.15) is 18.3 Å². The molecule has 0 fully saturated rings. The van der Waals surface area contributed by atoms with Gasteiger partial charge in [0, 0.05) is 11.4 Å². The lowest BCUT2D eigenvalue weighted by Gasteiger charge is -2.24. The molecule has 7 heteroatoms. The smallest absolute Gasteiger partial charge is 0.229 e. The van der Waals surface area contributed by atoms with E-state index in [1.165, 1.54) is 5.56 Å². The van der Waals surface area contributed by atoms with Gasteiger partial charge in [0.15, 0.2) is 11.6 Å². The van der Waals surface area contributed by atoms with Crippen LogP contribution in [0.2, 0.25) is 0 Å². The van der Waals surface area contributed by atoms with Crippen molar-refractivity contribution in [2.75, 3.05) is 25.3 Å². The van der Waals surface area contributed by atoms with E-state index >= 15 is 0 Å². The van der Waals surface area contributed by atoms with E-state index in [0.29, 0.717) is 13.1 Å². The second-order valence-electron chi connectivity index (χ2n) is 7.11. The molecule has 0 aliphatic carbocycles. The first kappa shape index (κ1) is 19.4. The average molecular weight is 432 g/mol. The lowest BCUT2D eigenvalue weighted by Crippen LogP contribution is -2.26. The van der Waals surface area contributed by atoms with Crippen molar-refractivity contribution in [1.82, 2.24) is 9.97 Å². The fourth-order valence-electron chi connectivity index (χ4n) is 3.52. The number of hydrogen-bond donors (Lipinski definition) is 0. The normalized spacial score (nSPS) is 12.9. The largest absolute Gasteiger partial charge is 0.497 e. The van der Waals surface area contributed by atoms with Crippen molar-refractivity contribution in [1.29, 1.82) is 0 Å². The van der Waals surface area contributed by atoms with Crippen molar-refractivity contribution in [3.05, 3.63) is 84.6 Å². The van der Waals surface area contributed by atoms with Crippen LogP contribution >= 0.6 is 11.3 Å². The molecule has 0 saturated heterocycles. The lowest BCUT2D eigenvalue weighted by molar-refractivity contribution is 0.0797. The van der Waals surface area contributed by atoms with E-state index in [1.54, 1.807) is 31.0 Å². The Bertz CT molecular complexity index is 1210. The van der Waals surface area contributed by atoms with Gasteiger partial charge in [-0.2, -0.15) is 0 Å². The Morgan fingerprint density at radius 3 is 2.61 bits per heavy atom. The van der Waals surface area contributed by atoms with Gasteiger partial charge in [-0.1, -0.05) is 30.3 Å². The van der Waals surface area contributed by atoms with Gasteiger partial charge in [-0.25, -0.2) is 9.97 Å². The van der Waals surface area contributed by atoms with E-state index in [-0.39, 0.29) is 6.79 Å². The van der Waals surface area contributed by atoms with Crippen molar-refractivity contribution in [3.63, 3.8) is 0 Å². The van der Waals surface area contributed by atoms with Crippen LogP contribution in [0.5, 0.6) is 5.75 Å². The van der Waals surface area contributed by atoms with E-state index < -0.39 is 0 Å². The summed E-state index contributed by atoms with van der Waals surface area (Å²) in [5.41, 5.74) is 3.25. The minimum absolute atomic E-state index is 0.258. The molecule has 4 aromatic rings. The number of fused-ring (bicyclic) bond motifs is 1. The highest BCUT2D eigenvalue weighted by molar-refractivity contribution is 7.22. The summed E-state index contributed by atoms with van der Waals surface area (Å²) in [6.45, 7) is 1.52. The zero-order valence-corrected chi connectivity index (χ0v) is 17.8. The van der Waals surface area contributed by atoms with Gasteiger partial charge in [0.05, 0.1) is 23.9 Å². The molecule has 0 atom stereocenters. The second-order valence-corrected chi connectivity index (χ2v) is 8.16. The van der Waals surface area contributed by atoms with E-state index in [4.69, 9.17) is 14.2 Å². The molecule has 0 amide bonds. The van der Waals surface area contributed by atoms with Gasteiger partial charge in [-0.05, 0) is 41.5 Å². The van der Waals surface area contributed by atoms with Crippen LogP contribution in [-0.4, -0.2) is 30.4 Å². The van der Waals surface area contributed by atoms with Crippen molar-refractivity contribution < 1.29 is 14.2 Å². The Morgan fingerprint density at radius 2 is 1.87 bits per heavy atom. The third-order valence-electron chi connectivity index (χ3n) is 5.06. The molecule has 0 unspecified atom stereocenters. The molecule has 1 aliphatic heterocycles. The molecule has 0 bridgehead atoms. The van der Waals surface area contributed by atoms with Crippen molar-refractivity contribution >= 4 is 27.4 Å². The maximum Gasteiger partial charge on any atom is 0.229 e. The van der Waals surface area contributed by atoms with E-state index in [9.17, 15) is 0 Å². The highest BCUT2D eigenvalue weighted by Crippen LogP contribution is 2.38. The molecule has 1 aliphatic rings. The quantitative estimate of drug-likeness (QED) is 0.400. The van der Waals surface area contributed by atoms with Gasteiger partial charge in [0.25, 0.3) is 0 Å². The number of nitrogens with zero attached hydrogens (tertiary/aromatic N) is 3. The zero-order valence-electron chi connectivity index (χ0n) is 17.0. The standard InChI is InChI=1S/C24H21N3O3S/c1-28-19-9-7-18(8-10-19)22-11-21-23(31-22)24(26-15-25-21)27(13-20-14-29-16-30-20)12-17-5-3-2-4-6-17/h2-11,14-15H,12-13,16H2,1H3. The maximum atomic E-state index is 5.60. The van der Waals surface area contributed by atoms with Crippen LogP contribution in [0, 0.1) is 0 Å². The van der Waals surface area contributed by atoms with Gasteiger partial charge >= 0.3 is 0 Å². The molecule has 0 radical (unpaired) electrons. The topological polar surface area (TPSA) is 56.7 Å². The van der Waals surface area contributed by atoms with Gasteiger partial charge in [-0.15, -0.1) is 11.3 Å². The van der Waals surface area contributed by atoms with E-state index in [2.05, 4.69) is 45.2 Å². The third kappa shape index (κ3) is 4.18. The zero-order chi connectivity index (χ0) is 21.0. The van der Waals surface area contributed by atoms with Crippen LogP contribution in [0.1, 0.15) is 5.56 Å². The number of thiophene rings is 1. The first-order valence-corrected chi connectivity index (χ1v) is 10.7. The number of ether oxygens (including phenoxy) is 3. The van der Waals surface area contributed by atoms with Crippen molar-refractivity contribution in [3.8, 4) is 16.2 Å². The molecular formula is C24H21N3O3S. The fraction of sp³-hybridized carbons (Fsp3) is 0.167. The minimum Gasteiger partial charge on any atom is -0.497 e. The molecule has 156 valence electrons. The summed E-state index contributed by atoms with van der Waals surface area (Å²) in [4.78, 5) is 12.5. The minimum atomic E-state index is 0.258. The molecule has 0 N–H and O–H groups in total. The number of aromatic nitrogens is 2. The Hall–Kier alpha value is -3.58. The second kappa shape index (κ2) is 8.65. The molecule has 2 aromatic heterocycles. The summed E-state index contributed by atoms with van der Waals surface area (Å²) in [5.74, 6) is 2.51. The van der Waals surface area contributed by atoms with E-state index in [1.807, 2.05) is 30.3 Å². The van der Waals surface area contributed by atoms with E-state index in [0.717, 1.165) is 38.0 Å². The summed E-state index contributed by atoms with van der Waals surface area (Å²) in [7, 11) is 1.67. The number of benzene rings is 2. The summed E-state index contributed by atoms with van der Waals surface area (Å²) < 4.78 is 17.2. The maximum absolute atomic E-state index is 5.60. The molecule has 0 spiro atoms. The Labute approximate surface area is 184 Å². The van der Waals surface area contributed by atoms with Gasteiger partial charge in [-0.3, -0.25) is 0 Å².